The van der Waals surface area contributed by atoms with Crippen LogP contribution in [0, 0.1) is 23.7 Å². The third-order valence-corrected chi connectivity index (χ3v) is 6.67. The van der Waals surface area contributed by atoms with Crippen LogP contribution in [0.5, 0.6) is 0 Å². The molecule has 1 heterocycles. The highest BCUT2D eigenvalue weighted by Gasteiger charge is 2.45. The van der Waals surface area contributed by atoms with Gasteiger partial charge in [-0.15, -0.1) is 0 Å². The third-order valence-electron chi connectivity index (χ3n) is 6.67. The maximum Gasteiger partial charge on any atom is 0.0247 e. The Balaban J connectivity index is 1.70. The highest BCUT2D eigenvalue weighted by atomic mass is 15.3. The molecular weight excluding hydrogens is 244 g/mol. The molecule has 2 nitrogen and oxygen atoms in total. The van der Waals surface area contributed by atoms with Crippen molar-refractivity contribution >= 4 is 0 Å². The summed E-state index contributed by atoms with van der Waals surface area (Å²) in [6.45, 7) is 12.1. The fraction of sp³-hybridized carbons (Fsp3) is 1.00. The van der Waals surface area contributed by atoms with Crippen LogP contribution >= 0.6 is 0 Å². The lowest BCUT2D eigenvalue weighted by molar-refractivity contribution is 0.0234. The summed E-state index contributed by atoms with van der Waals surface area (Å²) in [6, 6.07) is 2.26. The van der Waals surface area contributed by atoms with E-state index in [1.165, 1.54) is 38.8 Å². The van der Waals surface area contributed by atoms with Crippen molar-refractivity contribution in [2.24, 2.45) is 23.7 Å². The lowest BCUT2D eigenvalue weighted by Crippen LogP contribution is -2.61. The van der Waals surface area contributed by atoms with Crippen LogP contribution < -0.4 is 5.32 Å². The zero-order valence-electron chi connectivity index (χ0n) is 13.9. The van der Waals surface area contributed by atoms with Crippen LogP contribution in [0.15, 0.2) is 0 Å². The highest BCUT2D eigenvalue weighted by Crippen LogP contribution is 2.50. The van der Waals surface area contributed by atoms with Crippen LogP contribution in [-0.4, -0.2) is 36.1 Å². The summed E-state index contributed by atoms with van der Waals surface area (Å²) in [5, 5.41) is 3.77. The van der Waals surface area contributed by atoms with Gasteiger partial charge in [0.2, 0.25) is 0 Å². The van der Waals surface area contributed by atoms with E-state index in [1.54, 1.807) is 6.42 Å². The van der Waals surface area contributed by atoms with Gasteiger partial charge in [0.15, 0.2) is 0 Å². The SMILES string of the molecule is CCC1CN(C(C)C2CC3CCC2C3)C(C(C)C)CN1. The van der Waals surface area contributed by atoms with Crippen molar-refractivity contribution < 1.29 is 0 Å². The zero-order chi connectivity index (χ0) is 14.3. The first-order chi connectivity index (χ1) is 9.60. The van der Waals surface area contributed by atoms with E-state index in [9.17, 15) is 0 Å². The predicted molar refractivity (Wildman–Crippen MR) is 85.8 cm³/mol. The second-order valence-corrected chi connectivity index (χ2v) is 8.10. The van der Waals surface area contributed by atoms with E-state index >= 15 is 0 Å². The molecule has 0 spiro atoms. The van der Waals surface area contributed by atoms with Gasteiger partial charge in [-0.1, -0.05) is 27.2 Å². The van der Waals surface area contributed by atoms with Crippen LogP contribution in [0.4, 0.5) is 0 Å². The van der Waals surface area contributed by atoms with Gasteiger partial charge in [-0.2, -0.15) is 0 Å². The van der Waals surface area contributed by atoms with Gasteiger partial charge in [0, 0.05) is 31.2 Å². The van der Waals surface area contributed by atoms with Gasteiger partial charge >= 0.3 is 0 Å². The van der Waals surface area contributed by atoms with Crippen molar-refractivity contribution in [1.29, 1.82) is 0 Å². The molecule has 0 aromatic heterocycles. The molecule has 0 amide bonds. The second-order valence-electron chi connectivity index (χ2n) is 8.10. The Morgan fingerprint density at radius 3 is 2.50 bits per heavy atom. The Morgan fingerprint density at radius 1 is 1.15 bits per heavy atom. The number of piperazine rings is 1. The minimum Gasteiger partial charge on any atom is -0.311 e. The lowest BCUT2D eigenvalue weighted by atomic mass is 9.81. The van der Waals surface area contributed by atoms with Crippen LogP contribution in [0.2, 0.25) is 0 Å². The summed E-state index contributed by atoms with van der Waals surface area (Å²) in [5.74, 6) is 3.89. The van der Waals surface area contributed by atoms with Gasteiger partial charge < -0.3 is 5.32 Å². The molecule has 3 fully saturated rings. The van der Waals surface area contributed by atoms with Crippen molar-refractivity contribution in [3.63, 3.8) is 0 Å². The monoisotopic (exact) mass is 278 g/mol. The summed E-state index contributed by atoms with van der Waals surface area (Å²) in [7, 11) is 0. The van der Waals surface area contributed by atoms with Crippen molar-refractivity contribution in [3.05, 3.63) is 0 Å². The average Bonchev–Trinajstić information content (AvgIpc) is 3.08. The highest BCUT2D eigenvalue weighted by molar-refractivity contribution is 4.98. The van der Waals surface area contributed by atoms with Gasteiger partial charge in [-0.25, -0.2) is 0 Å². The molecular formula is C18H34N2. The van der Waals surface area contributed by atoms with Crippen LogP contribution in [0.25, 0.3) is 0 Å². The molecule has 2 heteroatoms. The maximum atomic E-state index is 3.77. The summed E-state index contributed by atoms with van der Waals surface area (Å²) in [6.07, 6.45) is 7.39. The van der Waals surface area contributed by atoms with Gasteiger partial charge in [0.25, 0.3) is 0 Å². The first-order valence-electron chi connectivity index (χ1n) is 9.09. The Bertz CT molecular complexity index is 327. The first kappa shape index (κ1) is 14.8. The molecule has 3 aliphatic rings. The van der Waals surface area contributed by atoms with Crippen molar-refractivity contribution in [1.82, 2.24) is 10.2 Å². The van der Waals surface area contributed by atoms with E-state index in [-0.39, 0.29) is 0 Å². The molecule has 0 aromatic carbocycles. The summed E-state index contributed by atoms with van der Waals surface area (Å²) < 4.78 is 0. The van der Waals surface area contributed by atoms with Crippen LogP contribution in [-0.2, 0) is 0 Å². The fourth-order valence-electron chi connectivity index (χ4n) is 5.35. The number of hydrogen-bond acceptors (Lipinski definition) is 2. The largest absolute Gasteiger partial charge is 0.311 e. The summed E-state index contributed by atoms with van der Waals surface area (Å²) >= 11 is 0. The summed E-state index contributed by atoms with van der Waals surface area (Å²) in [4.78, 5) is 2.89. The molecule has 6 unspecified atom stereocenters. The standard InChI is InChI=1S/C18H34N2/c1-5-16-11-20(18(10-19-16)12(2)3)13(4)17-9-14-6-7-15(17)8-14/h12-19H,5-11H2,1-4H3. The second kappa shape index (κ2) is 5.96. The topological polar surface area (TPSA) is 15.3 Å². The van der Waals surface area contributed by atoms with Crippen molar-refractivity contribution in [3.8, 4) is 0 Å². The minimum absolute atomic E-state index is 0.714. The molecule has 2 saturated carbocycles. The molecule has 6 atom stereocenters. The molecule has 2 aliphatic carbocycles. The number of rotatable bonds is 4. The van der Waals surface area contributed by atoms with E-state index < -0.39 is 0 Å². The smallest absolute Gasteiger partial charge is 0.0247 e. The quantitative estimate of drug-likeness (QED) is 0.846. The van der Waals surface area contributed by atoms with Gasteiger partial charge in [0.05, 0.1) is 0 Å². The Morgan fingerprint density at radius 2 is 1.95 bits per heavy atom. The van der Waals surface area contributed by atoms with E-state index in [0.717, 1.165) is 35.8 Å². The Hall–Kier alpha value is -0.0800. The Kier molecular flexibility index (Phi) is 4.42. The van der Waals surface area contributed by atoms with Crippen LogP contribution in [0.3, 0.4) is 0 Å². The van der Waals surface area contributed by atoms with Crippen molar-refractivity contribution in [2.45, 2.75) is 77.9 Å². The molecule has 2 bridgehead atoms. The van der Waals surface area contributed by atoms with Gasteiger partial charge in [-0.3, -0.25) is 4.90 Å². The number of nitrogens with one attached hydrogen (secondary N) is 1. The average molecular weight is 278 g/mol. The predicted octanol–water partition coefficient (Wildman–Crippen LogP) is 3.52. The Labute approximate surface area is 125 Å². The minimum atomic E-state index is 0.714. The molecule has 1 aliphatic heterocycles. The molecule has 0 aromatic rings. The summed E-state index contributed by atoms with van der Waals surface area (Å²) in [5.41, 5.74) is 0. The number of nitrogens with zero attached hydrogens (tertiary/aromatic N) is 1. The van der Waals surface area contributed by atoms with E-state index in [0.29, 0.717) is 6.04 Å². The van der Waals surface area contributed by atoms with E-state index in [2.05, 4.69) is 37.9 Å². The van der Waals surface area contributed by atoms with Crippen LogP contribution in [0.1, 0.15) is 59.8 Å². The molecule has 1 N–H and O–H groups in total. The van der Waals surface area contributed by atoms with E-state index in [1.807, 2.05) is 0 Å². The fourth-order valence-corrected chi connectivity index (χ4v) is 5.35. The molecule has 1 saturated heterocycles. The molecule has 20 heavy (non-hydrogen) atoms. The molecule has 0 radical (unpaired) electrons. The number of fused-ring (bicyclic) bond motifs is 2. The van der Waals surface area contributed by atoms with Crippen molar-refractivity contribution in [2.75, 3.05) is 13.1 Å². The lowest BCUT2D eigenvalue weighted by Gasteiger charge is -2.48. The number of hydrogen-bond donors (Lipinski definition) is 1. The van der Waals surface area contributed by atoms with Gasteiger partial charge in [0.1, 0.15) is 0 Å². The van der Waals surface area contributed by atoms with E-state index in [4.69, 9.17) is 0 Å². The van der Waals surface area contributed by atoms with Gasteiger partial charge in [-0.05, 0) is 56.3 Å². The molecule has 3 rings (SSSR count). The molecule has 116 valence electrons. The maximum absolute atomic E-state index is 3.77. The first-order valence-corrected chi connectivity index (χ1v) is 9.09. The normalized spacial score (nSPS) is 43.4. The zero-order valence-corrected chi connectivity index (χ0v) is 13.9. The third kappa shape index (κ3) is 2.66.